The Morgan fingerprint density at radius 3 is 3.04 bits per heavy atom. The predicted octanol–water partition coefficient (Wildman–Crippen LogP) is 0.806. The zero-order valence-corrected chi connectivity index (χ0v) is 14.3. The molecule has 0 bridgehead atoms. The van der Waals surface area contributed by atoms with Crippen molar-refractivity contribution in [1.82, 2.24) is 25.1 Å². The molecule has 0 aliphatic carbocycles. The van der Waals surface area contributed by atoms with Crippen molar-refractivity contribution in [3.8, 4) is 0 Å². The van der Waals surface area contributed by atoms with Gasteiger partial charge in [-0.15, -0.1) is 0 Å². The largest absolute Gasteiger partial charge is 0.355 e. The number of amides is 2. The molecule has 25 heavy (non-hydrogen) atoms. The van der Waals surface area contributed by atoms with Crippen molar-refractivity contribution in [2.45, 2.75) is 19.0 Å². The molecule has 0 spiro atoms. The number of nitrogens with one attached hydrogen (secondary N) is 2. The van der Waals surface area contributed by atoms with E-state index in [-0.39, 0.29) is 17.9 Å². The summed E-state index contributed by atoms with van der Waals surface area (Å²) in [5.74, 6) is -0.00542. The smallest absolute Gasteiger partial charge is 0.251 e. The van der Waals surface area contributed by atoms with Crippen LogP contribution in [0, 0.1) is 0 Å². The number of carbonyl (C=O) groups excluding carboxylic acids is 2. The highest BCUT2D eigenvalue weighted by atomic mass is 16.2. The van der Waals surface area contributed by atoms with Crippen LogP contribution in [0.15, 0.2) is 43.0 Å². The topological polar surface area (TPSA) is 79.3 Å². The van der Waals surface area contributed by atoms with Gasteiger partial charge in [0.1, 0.15) is 0 Å². The van der Waals surface area contributed by atoms with Gasteiger partial charge in [-0.25, -0.2) is 4.98 Å². The van der Waals surface area contributed by atoms with Gasteiger partial charge in [0.25, 0.3) is 5.91 Å². The fraction of sp³-hybridized carbons (Fsp3) is 0.389. The third-order valence-corrected chi connectivity index (χ3v) is 4.47. The van der Waals surface area contributed by atoms with Crippen molar-refractivity contribution in [3.63, 3.8) is 0 Å². The summed E-state index contributed by atoms with van der Waals surface area (Å²) in [5, 5.41) is 5.98. The third kappa shape index (κ3) is 4.06. The summed E-state index contributed by atoms with van der Waals surface area (Å²) in [5.41, 5.74) is 1.58. The normalized spacial score (nSPS) is 17.3. The molecule has 7 heteroatoms. The van der Waals surface area contributed by atoms with Crippen LogP contribution in [0.3, 0.4) is 0 Å². The first-order chi connectivity index (χ1) is 12.2. The van der Waals surface area contributed by atoms with Gasteiger partial charge in [-0.3, -0.25) is 9.59 Å². The van der Waals surface area contributed by atoms with Crippen LogP contribution >= 0.6 is 0 Å². The molecule has 1 fully saturated rings. The molecule has 2 amide bonds. The highest BCUT2D eigenvalue weighted by Gasteiger charge is 2.27. The first-order valence-electron chi connectivity index (χ1n) is 8.47. The number of aromatic nitrogens is 2. The van der Waals surface area contributed by atoms with Crippen molar-refractivity contribution in [3.05, 3.63) is 54.1 Å². The van der Waals surface area contributed by atoms with Crippen molar-refractivity contribution >= 4 is 11.8 Å². The van der Waals surface area contributed by atoms with Gasteiger partial charge in [-0.1, -0.05) is 12.1 Å². The van der Waals surface area contributed by atoms with Crippen LogP contribution in [0.25, 0.3) is 0 Å². The van der Waals surface area contributed by atoms with Gasteiger partial charge in [0.15, 0.2) is 0 Å². The number of rotatable bonds is 5. The van der Waals surface area contributed by atoms with Crippen molar-refractivity contribution < 1.29 is 9.59 Å². The maximum atomic E-state index is 12.7. The number of hydrogen-bond acceptors (Lipinski definition) is 4. The van der Waals surface area contributed by atoms with Crippen LogP contribution in [0.5, 0.6) is 0 Å². The number of imidazole rings is 1. The lowest BCUT2D eigenvalue weighted by molar-refractivity contribution is -0.134. The fourth-order valence-electron chi connectivity index (χ4n) is 3.12. The van der Waals surface area contributed by atoms with Crippen LogP contribution in [0.4, 0.5) is 0 Å². The molecule has 1 aliphatic heterocycles. The van der Waals surface area contributed by atoms with Crippen LogP contribution in [-0.2, 0) is 11.3 Å². The van der Waals surface area contributed by atoms with Crippen LogP contribution in [0.2, 0.25) is 0 Å². The molecule has 1 aliphatic rings. The van der Waals surface area contributed by atoms with Gasteiger partial charge >= 0.3 is 0 Å². The molecular formula is C18H23N5O2. The lowest BCUT2D eigenvalue weighted by Gasteiger charge is -2.37. The molecule has 132 valence electrons. The van der Waals surface area contributed by atoms with Gasteiger partial charge in [-0.05, 0) is 17.7 Å². The molecule has 1 atom stereocenters. The number of hydrogen-bond donors (Lipinski definition) is 2. The molecule has 0 radical (unpaired) electrons. The molecule has 1 saturated heterocycles. The summed E-state index contributed by atoms with van der Waals surface area (Å²) in [6.45, 7) is 2.75. The first kappa shape index (κ1) is 17.2. The van der Waals surface area contributed by atoms with E-state index in [1.54, 1.807) is 25.6 Å². The molecule has 1 unspecified atom stereocenters. The Morgan fingerprint density at radius 1 is 1.40 bits per heavy atom. The Kier molecular flexibility index (Phi) is 5.45. The second-order valence-electron chi connectivity index (χ2n) is 6.06. The summed E-state index contributed by atoms with van der Waals surface area (Å²) < 4.78 is 1.90. The second kappa shape index (κ2) is 7.94. The van der Waals surface area contributed by atoms with Crippen LogP contribution in [0.1, 0.15) is 28.4 Å². The summed E-state index contributed by atoms with van der Waals surface area (Å²) in [7, 11) is 1.61. The molecule has 1 aromatic carbocycles. The quantitative estimate of drug-likeness (QED) is 0.843. The van der Waals surface area contributed by atoms with Crippen LogP contribution < -0.4 is 10.6 Å². The minimum Gasteiger partial charge on any atom is -0.355 e. The molecule has 2 heterocycles. The number of benzene rings is 1. The standard InChI is InChI=1S/C18H23N5O2/c1-19-18(25)15-4-2-3-14(11-15)16-12-20-7-10-23(16)17(24)5-8-22-9-6-21-13-22/h2-4,6,9,11,13,16,20H,5,7-8,10,12H2,1H3,(H,19,25). The van der Waals surface area contributed by atoms with E-state index in [1.807, 2.05) is 33.9 Å². The molecule has 7 nitrogen and oxygen atoms in total. The fourth-order valence-corrected chi connectivity index (χ4v) is 3.12. The minimum absolute atomic E-state index is 0.0614. The first-order valence-corrected chi connectivity index (χ1v) is 8.47. The molecule has 2 N–H and O–H groups in total. The van der Waals surface area contributed by atoms with Gasteiger partial charge in [0.05, 0.1) is 12.4 Å². The zero-order chi connectivity index (χ0) is 17.6. The highest BCUT2D eigenvalue weighted by molar-refractivity contribution is 5.94. The Labute approximate surface area is 147 Å². The van der Waals surface area contributed by atoms with E-state index >= 15 is 0 Å². The molecular weight excluding hydrogens is 318 g/mol. The number of carbonyl (C=O) groups is 2. The van der Waals surface area contributed by atoms with E-state index in [2.05, 4.69) is 15.6 Å². The molecule has 3 rings (SSSR count). The summed E-state index contributed by atoms with van der Waals surface area (Å²) in [4.78, 5) is 30.5. The number of piperazine rings is 1. The van der Waals surface area contributed by atoms with E-state index in [0.29, 0.717) is 31.6 Å². The third-order valence-electron chi connectivity index (χ3n) is 4.47. The minimum atomic E-state index is -0.122. The van der Waals surface area contributed by atoms with E-state index in [1.165, 1.54) is 0 Å². The van der Waals surface area contributed by atoms with E-state index in [4.69, 9.17) is 0 Å². The predicted molar refractivity (Wildman–Crippen MR) is 94.0 cm³/mol. The van der Waals surface area contributed by atoms with Gasteiger partial charge < -0.3 is 20.1 Å². The number of nitrogens with zero attached hydrogens (tertiary/aromatic N) is 3. The Balaban J connectivity index is 1.74. The zero-order valence-electron chi connectivity index (χ0n) is 14.3. The molecule has 1 aromatic heterocycles. The van der Waals surface area contributed by atoms with E-state index in [9.17, 15) is 9.59 Å². The van der Waals surface area contributed by atoms with Gasteiger partial charge in [-0.2, -0.15) is 0 Å². The lowest BCUT2D eigenvalue weighted by Crippen LogP contribution is -2.48. The van der Waals surface area contributed by atoms with Gasteiger partial charge in [0, 0.05) is 57.6 Å². The van der Waals surface area contributed by atoms with Crippen molar-refractivity contribution in [2.75, 3.05) is 26.7 Å². The van der Waals surface area contributed by atoms with Crippen molar-refractivity contribution in [2.24, 2.45) is 0 Å². The SMILES string of the molecule is CNC(=O)c1cccc(C2CNCCN2C(=O)CCn2ccnc2)c1. The molecule has 0 saturated carbocycles. The second-order valence-corrected chi connectivity index (χ2v) is 6.06. The summed E-state index contributed by atoms with van der Waals surface area (Å²) in [6, 6.07) is 7.42. The van der Waals surface area contributed by atoms with E-state index < -0.39 is 0 Å². The highest BCUT2D eigenvalue weighted by Crippen LogP contribution is 2.24. The maximum Gasteiger partial charge on any atom is 0.251 e. The maximum absolute atomic E-state index is 12.7. The molecule has 2 aromatic rings. The Hall–Kier alpha value is -2.67. The average Bonchev–Trinajstić information content (AvgIpc) is 3.19. The average molecular weight is 341 g/mol. The Bertz CT molecular complexity index is 729. The van der Waals surface area contributed by atoms with Crippen molar-refractivity contribution in [1.29, 1.82) is 0 Å². The van der Waals surface area contributed by atoms with Gasteiger partial charge in [0.2, 0.25) is 5.91 Å². The number of aryl methyl sites for hydroxylation is 1. The van der Waals surface area contributed by atoms with Crippen LogP contribution in [-0.4, -0.2) is 52.9 Å². The monoisotopic (exact) mass is 341 g/mol. The summed E-state index contributed by atoms with van der Waals surface area (Å²) in [6.07, 6.45) is 5.72. The van der Waals surface area contributed by atoms with E-state index in [0.717, 1.165) is 12.1 Å². The lowest BCUT2D eigenvalue weighted by atomic mass is 10.00. The Morgan fingerprint density at radius 2 is 2.28 bits per heavy atom. The summed E-state index contributed by atoms with van der Waals surface area (Å²) >= 11 is 0.